The number of aliphatic imine (C=N–C) groups is 1. The first kappa shape index (κ1) is 22.7. The van der Waals surface area contributed by atoms with E-state index in [1.165, 1.54) is 44.9 Å². The summed E-state index contributed by atoms with van der Waals surface area (Å²) < 4.78 is 0. The van der Waals surface area contributed by atoms with Crippen LogP contribution in [0.25, 0.3) is 0 Å². The summed E-state index contributed by atoms with van der Waals surface area (Å²) in [4.78, 5) is 24.2. The molecule has 0 aromatic rings. The molecule has 7 heteroatoms. The fourth-order valence-corrected chi connectivity index (χ4v) is 3.91. The van der Waals surface area contributed by atoms with Gasteiger partial charge in [-0.2, -0.15) is 0 Å². The molecule has 2 aliphatic heterocycles. The van der Waals surface area contributed by atoms with Crippen LogP contribution in [0.3, 0.4) is 0 Å². The number of hydrogen-bond acceptors (Lipinski definition) is 3. The molecule has 1 aliphatic carbocycles. The number of halogens is 1. The highest BCUT2D eigenvalue weighted by Crippen LogP contribution is 2.32. The SMILES string of the molecule is CCNC(=NCCC1CC1)N1CCN(CC(=O)N2CCCCCC2)CC1.I. The Morgan fingerprint density at radius 3 is 2.22 bits per heavy atom. The summed E-state index contributed by atoms with van der Waals surface area (Å²) in [6.45, 7) is 10.3. The average molecular weight is 491 g/mol. The van der Waals surface area contributed by atoms with Gasteiger partial charge in [-0.15, -0.1) is 24.0 Å². The molecule has 6 nitrogen and oxygen atoms in total. The Bertz CT molecular complexity index is 467. The number of carbonyl (C=O) groups is 1. The van der Waals surface area contributed by atoms with E-state index in [2.05, 4.69) is 26.9 Å². The lowest BCUT2D eigenvalue weighted by molar-refractivity contribution is -0.132. The summed E-state index contributed by atoms with van der Waals surface area (Å²) in [5.41, 5.74) is 0. The zero-order valence-corrected chi connectivity index (χ0v) is 19.3. The molecule has 0 aromatic carbocycles. The van der Waals surface area contributed by atoms with Crippen LogP contribution in [0.5, 0.6) is 0 Å². The second kappa shape index (κ2) is 12.1. The van der Waals surface area contributed by atoms with Crippen LogP contribution in [0.2, 0.25) is 0 Å². The topological polar surface area (TPSA) is 51.2 Å². The predicted octanol–water partition coefficient (Wildman–Crippen LogP) is 2.39. The average Bonchev–Trinajstić information content (AvgIpc) is 3.48. The van der Waals surface area contributed by atoms with Gasteiger partial charge in [0.15, 0.2) is 5.96 Å². The van der Waals surface area contributed by atoms with Crippen molar-refractivity contribution in [2.45, 2.75) is 51.9 Å². The van der Waals surface area contributed by atoms with Gasteiger partial charge in [0.1, 0.15) is 0 Å². The number of carbonyl (C=O) groups excluding carboxylic acids is 1. The molecule has 0 atom stereocenters. The molecule has 0 spiro atoms. The van der Waals surface area contributed by atoms with E-state index in [0.29, 0.717) is 12.5 Å². The third kappa shape index (κ3) is 7.75. The van der Waals surface area contributed by atoms with Crippen molar-refractivity contribution >= 4 is 35.8 Å². The third-order valence-electron chi connectivity index (χ3n) is 5.82. The van der Waals surface area contributed by atoms with Crippen LogP contribution in [0, 0.1) is 5.92 Å². The van der Waals surface area contributed by atoms with Crippen molar-refractivity contribution in [3.05, 3.63) is 0 Å². The van der Waals surface area contributed by atoms with Gasteiger partial charge < -0.3 is 15.1 Å². The van der Waals surface area contributed by atoms with Crippen LogP contribution in [-0.4, -0.2) is 85.5 Å². The van der Waals surface area contributed by atoms with E-state index in [1.54, 1.807) is 0 Å². The fourth-order valence-electron chi connectivity index (χ4n) is 3.91. The summed E-state index contributed by atoms with van der Waals surface area (Å²) in [5, 5.41) is 3.44. The first-order valence-corrected chi connectivity index (χ1v) is 10.8. The molecule has 0 bridgehead atoms. The van der Waals surface area contributed by atoms with Gasteiger partial charge >= 0.3 is 0 Å². The van der Waals surface area contributed by atoms with Crippen molar-refractivity contribution in [3.63, 3.8) is 0 Å². The Labute approximate surface area is 182 Å². The maximum Gasteiger partial charge on any atom is 0.236 e. The van der Waals surface area contributed by atoms with E-state index in [1.807, 2.05) is 0 Å². The first-order valence-electron chi connectivity index (χ1n) is 10.8. The van der Waals surface area contributed by atoms with Crippen LogP contribution in [0.1, 0.15) is 51.9 Å². The summed E-state index contributed by atoms with van der Waals surface area (Å²) in [5.74, 6) is 2.32. The van der Waals surface area contributed by atoms with Crippen LogP contribution >= 0.6 is 24.0 Å². The summed E-state index contributed by atoms with van der Waals surface area (Å²) in [6.07, 6.45) is 8.92. The Kier molecular flexibility index (Phi) is 10.2. The maximum atomic E-state index is 12.6. The number of rotatable bonds is 6. The van der Waals surface area contributed by atoms with E-state index in [-0.39, 0.29) is 24.0 Å². The Morgan fingerprint density at radius 2 is 1.63 bits per heavy atom. The van der Waals surface area contributed by atoms with Gasteiger partial charge in [-0.05, 0) is 32.1 Å². The van der Waals surface area contributed by atoms with E-state index in [9.17, 15) is 4.79 Å². The molecule has 1 N–H and O–H groups in total. The van der Waals surface area contributed by atoms with Gasteiger partial charge in [-0.3, -0.25) is 14.7 Å². The third-order valence-corrected chi connectivity index (χ3v) is 5.82. The van der Waals surface area contributed by atoms with Crippen LogP contribution in [-0.2, 0) is 4.79 Å². The second-order valence-electron chi connectivity index (χ2n) is 8.03. The minimum atomic E-state index is 0. The molecule has 1 saturated carbocycles. The highest BCUT2D eigenvalue weighted by Gasteiger charge is 2.24. The molecule has 156 valence electrons. The van der Waals surface area contributed by atoms with Gasteiger partial charge in [0, 0.05) is 52.4 Å². The van der Waals surface area contributed by atoms with E-state index >= 15 is 0 Å². The van der Waals surface area contributed by atoms with Crippen molar-refractivity contribution in [1.82, 2.24) is 20.0 Å². The van der Waals surface area contributed by atoms with Gasteiger partial charge in [0.05, 0.1) is 6.54 Å². The summed E-state index contributed by atoms with van der Waals surface area (Å²) in [6, 6.07) is 0. The van der Waals surface area contributed by atoms with Crippen molar-refractivity contribution in [1.29, 1.82) is 0 Å². The second-order valence-corrected chi connectivity index (χ2v) is 8.03. The number of piperazine rings is 1. The number of guanidine groups is 1. The largest absolute Gasteiger partial charge is 0.357 e. The lowest BCUT2D eigenvalue weighted by Gasteiger charge is -2.37. The number of nitrogens with one attached hydrogen (secondary N) is 1. The minimum absolute atomic E-state index is 0. The predicted molar refractivity (Wildman–Crippen MR) is 122 cm³/mol. The van der Waals surface area contributed by atoms with Crippen molar-refractivity contribution in [3.8, 4) is 0 Å². The zero-order valence-electron chi connectivity index (χ0n) is 17.0. The normalized spacial score (nSPS) is 22.2. The molecule has 3 rings (SSSR count). The van der Waals surface area contributed by atoms with Gasteiger partial charge in [0.2, 0.25) is 5.91 Å². The number of nitrogens with zero attached hydrogens (tertiary/aromatic N) is 4. The van der Waals surface area contributed by atoms with Crippen molar-refractivity contribution in [2.24, 2.45) is 10.9 Å². The highest BCUT2D eigenvalue weighted by molar-refractivity contribution is 14.0. The monoisotopic (exact) mass is 491 g/mol. The fraction of sp³-hybridized carbons (Fsp3) is 0.900. The molecular weight excluding hydrogens is 453 g/mol. The quantitative estimate of drug-likeness (QED) is 0.352. The van der Waals surface area contributed by atoms with Gasteiger partial charge in [-0.25, -0.2) is 0 Å². The lowest BCUT2D eigenvalue weighted by atomic mass is 10.2. The van der Waals surface area contributed by atoms with E-state index in [0.717, 1.165) is 64.2 Å². The molecule has 0 radical (unpaired) electrons. The van der Waals surface area contributed by atoms with Crippen molar-refractivity contribution < 1.29 is 4.79 Å². The first-order chi connectivity index (χ1) is 12.8. The summed E-state index contributed by atoms with van der Waals surface area (Å²) >= 11 is 0. The lowest BCUT2D eigenvalue weighted by Crippen LogP contribution is -2.54. The highest BCUT2D eigenvalue weighted by atomic mass is 127. The number of hydrogen-bond donors (Lipinski definition) is 1. The number of amides is 1. The molecule has 0 aromatic heterocycles. The smallest absolute Gasteiger partial charge is 0.236 e. The molecule has 3 fully saturated rings. The molecule has 2 heterocycles. The van der Waals surface area contributed by atoms with Crippen LogP contribution in [0.4, 0.5) is 0 Å². The minimum Gasteiger partial charge on any atom is -0.357 e. The summed E-state index contributed by atoms with van der Waals surface area (Å²) in [7, 11) is 0. The van der Waals surface area contributed by atoms with Gasteiger partial charge in [0.25, 0.3) is 0 Å². The zero-order chi connectivity index (χ0) is 18.2. The van der Waals surface area contributed by atoms with E-state index in [4.69, 9.17) is 4.99 Å². The molecule has 0 unspecified atom stereocenters. The van der Waals surface area contributed by atoms with Gasteiger partial charge in [-0.1, -0.05) is 25.7 Å². The van der Waals surface area contributed by atoms with Crippen LogP contribution < -0.4 is 5.32 Å². The molecule has 27 heavy (non-hydrogen) atoms. The Balaban J connectivity index is 0.00000261. The Hall–Kier alpha value is -0.570. The van der Waals surface area contributed by atoms with Crippen LogP contribution in [0.15, 0.2) is 4.99 Å². The van der Waals surface area contributed by atoms with E-state index < -0.39 is 0 Å². The van der Waals surface area contributed by atoms with Crippen molar-refractivity contribution in [2.75, 3.05) is 58.9 Å². The Morgan fingerprint density at radius 1 is 0.963 bits per heavy atom. The maximum absolute atomic E-state index is 12.6. The number of likely N-dealkylation sites (tertiary alicyclic amines) is 1. The molecule has 1 amide bonds. The molecule has 3 aliphatic rings. The molecular formula is C20H38IN5O. The molecule has 2 saturated heterocycles. The standard InChI is InChI=1S/C20H37N5O.HI/c1-2-21-20(22-10-9-18-7-8-18)25-15-13-23(14-16-25)17-19(26)24-11-5-3-4-6-12-24;/h18H,2-17H2,1H3,(H,21,22);1H.